The van der Waals surface area contributed by atoms with Crippen molar-refractivity contribution in [3.05, 3.63) is 77.1 Å². The highest BCUT2D eigenvalue weighted by Crippen LogP contribution is 2.42. The largest absolute Gasteiger partial charge is 0.410 e. The summed E-state index contributed by atoms with van der Waals surface area (Å²) in [4.78, 5) is 2.55. The summed E-state index contributed by atoms with van der Waals surface area (Å²) < 4.78 is 57.0. The first-order chi connectivity index (χ1) is 20.5. The molecule has 3 aromatic rings. The minimum Gasteiger partial charge on any atom is -0.410 e. The van der Waals surface area contributed by atoms with Crippen LogP contribution in [-0.4, -0.2) is 64.4 Å². The first-order valence-electron chi connectivity index (χ1n) is 14.6. The van der Waals surface area contributed by atoms with E-state index < -0.39 is 33.2 Å². The van der Waals surface area contributed by atoms with E-state index in [0.717, 1.165) is 36.8 Å². The molecule has 1 saturated carbocycles. The van der Waals surface area contributed by atoms with Crippen molar-refractivity contribution < 1.29 is 27.3 Å². The van der Waals surface area contributed by atoms with Gasteiger partial charge in [-0.15, -0.1) is 0 Å². The number of aliphatic hydroxyl groups is 1. The third kappa shape index (κ3) is 5.41. The van der Waals surface area contributed by atoms with Crippen LogP contribution in [0.4, 0.5) is 10.1 Å². The number of oxime groups is 1. The molecule has 8 nitrogen and oxygen atoms in total. The molecule has 1 unspecified atom stereocenters. The Morgan fingerprint density at radius 1 is 0.953 bits per heavy atom. The molecule has 2 fully saturated rings. The number of fused-ring (bicyclic) bond motifs is 3. The number of benzene rings is 3. The van der Waals surface area contributed by atoms with Crippen LogP contribution in [0.25, 0.3) is 11.1 Å². The average molecular weight is 626 g/mol. The van der Waals surface area contributed by atoms with Crippen LogP contribution in [0.15, 0.2) is 69.5 Å². The van der Waals surface area contributed by atoms with Gasteiger partial charge in [0.15, 0.2) is 5.82 Å². The third-order valence-corrected chi connectivity index (χ3v) is 12.8. The highest BCUT2D eigenvalue weighted by Gasteiger charge is 2.34. The van der Waals surface area contributed by atoms with E-state index in [1.54, 1.807) is 29.2 Å². The molecule has 11 heteroatoms. The van der Waals surface area contributed by atoms with Gasteiger partial charge in [0.2, 0.25) is 10.0 Å². The van der Waals surface area contributed by atoms with E-state index in [1.807, 2.05) is 18.2 Å². The number of sulfonamides is 1. The monoisotopic (exact) mass is 625 g/mol. The number of hydrogen-bond acceptors (Lipinski definition) is 7. The SMILES string of the molecule is CC1(C)CCC(S(=O)c2ccc3c(c2)/C(=N/O)c2cc(S(=O)(=O)N4CCN(c5cccc(CO)c5F)CC4)ccc2-3)CC1. The molecule has 3 aromatic carbocycles. The van der Waals surface area contributed by atoms with Gasteiger partial charge in [0.1, 0.15) is 5.71 Å². The summed E-state index contributed by atoms with van der Waals surface area (Å²) in [7, 11) is -5.09. The van der Waals surface area contributed by atoms with E-state index in [2.05, 4.69) is 19.0 Å². The number of nitrogens with zero attached hydrogens (tertiary/aromatic N) is 3. The maximum absolute atomic E-state index is 14.8. The summed E-state index contributed by atoms with van der Waals surface area (Å²) in [6.45, 7) is 5.00. The molecular formula is C32H36FN3O5S2. The molecule has 1 heterocycles. The second kappa shape index (κ2) is 11.4. The molecule has 0 radical (unpaired) electrons. The molecule has 0 bridgehead atoms. The fourth-order valence-corrected chi connectivity index (χ4v) is 9.41. The first kappa shape index (κ1) is 29.9. The minimum absolute atomic E-state index is 0.0794. The van der Waals surface area contributed by atoms with Crippen molar-refractivity contribution in [2.24, 2.45) is 10.6 Å². The predicted molar refractivity (Wildman–Crippen MR) is 165 cm³/mol. The number of halogens is 1. The van der Waals surface area contributed by atoms with Crippen molar-refractivity contribution in [3.8, 4) is 11.1 Å². The van der Waals surface area contributed by atoms with Gasteiger partial charge in [0, 0.05) is 53.0 Å². The lowest BCUT2D eigenvalue weighted by Crippen LogP contribution is -2.49. The first-order valence-corrected chi connectivity index (χ1v) is 17.2. The standard InChI is InChI=1S/C32H36FN3O5S2/c1-32(2)12-10-22(11-13-32)42(39)23-6-8-25-26-9-7-24(19-28(26)31(34-38)27(25)18-23)43(40,41)36-16-14-35(15-17-36)29-5-3-4-21(20-37)30(29)33/h3-9,18-19,22,37-38H,10-17,20H2,1-2H3/b34-31-. The Bertz CT molecular complexity index is 1720. The fraction of sp³-hybridized carbons (Fsp3) is 0.406. The smallest absolute Gasteiger partial charge is 0.243 e. The zero-order valence-corrected chi connectivity index (χ0v) is 25.9. The highest BCUT2D eigenvalue weighted by molar-refractivity contribution is 7.89. The number of piperazine rings is 1. The van der Waals surface area contributed by atoms with Gasteiger partial charge in [-0.1, -0.05) is 43.3 Å². The molecule has 1 aliphatic heterocycles. The fourth-order valence-electron chi connectivity index (χ4n) is 6.48. The van der Waals surface area contributed by atoms with Gasteiger partial charge >= 0.3 is 0 Å². The van der Waals surface area contributed by atoms with Crippen LogP contribution in [0.5, 0.6) is 0 Å². The van der Waals surface area contributed by atoms with Crippen LogP contribution in [0.1, 0.15) is 56.2 Å². The quantitative estimate of drug-likeness (QED) is 0.228. The van der Waals surface area contributed by atoms with Crippen LogP contribution in [0.3, 0.4) is 0 Å². The Labute approximate surface area is 254 Å². The molecule has 0 aromatic heterocycles. The van der Waals surface area contributed by atoms with Crippen LogP contribution in [0.2, 0.25) is 0 Å². The van der Waals surface area contributed by atoms with Crippen molar-refractivity contribution in [3.63, 3.8) is 0 Å². The number of hydrogen-bond donors (Lipinski definition) is 2. The van der Waals surface area contributed by atoms with Gasteiger partial charge in [-0.3, -0.25) is 4.21 Å². The van der Waals surface area contributed by atoms with Gasteiger partial charge in [-0.25, -0.2) is 12.8 Å². The Morgan fingerprint density at radius 2 is 1.60 bits per heavy atom. The van der Waals surface area contributed by atoms with Crippen molar-refractivity contribution in [2.75, 3.05) is 31.1 Å². The van der Waals surface area contributed by atoms with Crippen molar-refractivity contribution >= 4 is 32.2 Å². The second-order valence-corrected chi connectivity index (χ2v) is 16.0. The van der Waals surface area contributed by atoms with Gasteiger partial charge in [-0.05, 0) is 72.6 Å². The molecule has 2 aliphatic carbocycles. The van der Waals surface area contributed by atoms with Crippen molar-refractivity contribution in [1.29, 1.82) is 0 Å². The summed E-state index contributed by atoms with van der Waals surface area (Å²) >= 11 is 0. The molecule has 228 valence electrons. The molecule has 0 amide bonds. The summed E-state index contributed by atoms with van der Waals surface area (Å²) in [6.07, 6.45) is 3.86. The topological polar surface area (TPSA) is 111 Å². The van der Waals surface area contributed by atoms with E-state index in [1.165, 1.54) is 16.4 Å². The van der Waals surface area contributed by atoms with Gasteiger partial charge in [0.25, 0.3) is 0 Å². The maximum Gasteiger partial charge on any atom is 0.243 e. The van der Waals surface area contributed by atoms with Crippen LogP contribution < -0.4 is 4.90 Å². The van der Waals surface area contributed by atoms with E-state index in [9.17, 15) is 27.3 Å². The van der Waals surface area contributed by atoms with Crippen LogP contribution >= 0.6 is 0 Å². The predicted octanol–water partition coefficient (Wildman–Crippen LogP) is 5.11. The average Bonchev–Trinajstić information content (AvgIpc) is 3.33. The maximum atomic E-state index is 14.8. The Hall–Kier alpha value is -3.12. The molecule has 43 heavy (non-hydrogen) atoms. The lowest BCUT2D eigenvalue weighted by Gasteiger charge is -2.35. The van der Waals surface area contributed by atoms with E-state index in [4.69, 9.17) is 0 Å². The van der Waals surface area contributed by atoms with Crippen LogP contribution in [0, 0.1) is 11.2 Å². The van der Waals surface area contributed by atoms with E-state index in [-0.39, 0.29) is 39.9 Å². The van der Waals surface area contributed by atoms with Gasteiger partial charge in [0.05, 0.1) is 28.0 Å². The Kier molecular flexibility index (Phi) is 7.95. The number of rotatable bonds is 6. The zero-order valence-electron chi connectivity index (χ0n) is 24.3. The van der Waals surface area contributed by atoms with Gasteiger partial charge < -0.3 is 15.2 Å². The van der Waals surface area contributed by atoms with Gasteiger partial charge in [-0.2, -0.15) is 4.31 Å². The van der Waals surface area contributed by atoms with E-state index in [0.29, 0.717) is 34.8 Å². The summed E-state index contributed by atoms with van der Waals surface area (Å²) in [6, 6.07) is 15.2. The minimum atomic E-state index is -3.89. The normalized spacial score (nSPS) is 20.7. The summed E-state index contributed by atoms with van der Waals surface area (Å²) in [5, 5.41) is 23.1. The molecule has 6 rings (SSSR count). The molecule has 0 spiro atoms. The second-order valence-electron chi connectivity index (χ2n) is 12.3. The number of anilines is 1. The third-order valence-electron chi connectivity index (χ3n) is 9.15. The molecule has 3 aliphatic rings. The van der Waals surface area contributed by atoms with Crippen LogP contribution in [-0.2, 0) is 27.4 Å². The lowest BCUT2D eigenvalue weighted by atomic mass is 9.77. The summed E-state index contributed by atoms with van der Waals surface area (Å²) in [5.41, 5.74) is 3.76. The van der Waals surface area contributed by atoms with Crippen molar-refractivity contribution in [1.82, 2.24) is 4.31 Å². The lowest BCUT2D eigenvalue weighted by molar-refractivity contribution is 0.248. The van der Waals surface area contributed by atoms with E-state index >= 15 is 0 Å². The summed E-state index contributed by atoms with van der Waals surface area (Å²) in [5.74, 6) is -0.495. The zero-order chi connectivity index (χ0) is 30.5. The molecular weight excluding hydrogens is 590 g/mol. The Morgan fingerprint density at radius 3 is 2.26 bits per heavy atom. The van der Waals surface area contributed by atoms with Crippen molar-refractivity contribution in [2.45, 2.75) is 61.2 Å². The highest BCUT2D eigenvalue weighted by atomic mass is 32.2. The number of aliphatic hydroxyl groups excluding tert-OH is 1. The molecule has 2 N–H and O–H groups in total. The Balaban J connectivity index is 1.21. The molecule has 1 saturated heterocycles. The molecule has 1 atom stereocenters.